The van der Waals surface area contributed by atoms with E-state index >= 15 is 0 Å². The molecule has 6 rings (SSSR count). The minimum absolute atomic E-state index is 0.0304. The molecule has 0 N–H and O–H groups in total. The largest absolute Gasteiger partial charge is 0.354 e. The lowest BCUT2D eigenvalue weighted by Crippen LogP contribution is -2.32. The van der Waals surface area contributed by atoms with Crippen molar-refractivity contribution >= 4 is 21.8 Å². The van der Waals surface area contributed by atoms with E-state index < -0.39 is 0 Å². The van der Waals surface area contributed by atoms with Gasteiger partial charge in [0.05, 0.1) is 18.3 Å². The minimum Gasteiger partial charge on any atom is -0.354 e. The molecule has 0 saturated carbocycles. The summed E-state index contributed by atoms with van der Waals surface area (Å²) in [4.78, 5) is 16.1. The Morgan fingerprint density at radius 2 is 1.55 bits per heavy atom. The maximum atomic E-state index is 14.1. The Morgan fingerprint density at radius 3 is 2.26 bits per heavy atom. The van der Waals surface area contributed by atoms with Gasteiger partial charge in [-0.25, -0.2) is 4.39 Å². The van der Waals surface area contributed by atoms with Crippen molar-refractivity contribution in [2.75, 3.05) is 6.54 Å². The molecule has 0 saturated heterocycles. The Morgan fingerprint density at radius 1 is 0.842 bits per heavy atom. The highest BCUT2D eigenvalue weighted by atomic mass is 79.9. The molecule has 38 heavy (non-hydrogen) atoms. The van der Waals surface area contributed by atoms with E-state index in [4.69, 9.17) is 5.10 Å². The van der Waals surface area contributed by atoms with Gasteiger partial charge in [-0.2, -0.15) is 5.10 Å². The molecular weight excluding hydrogens is 543 g/mol. The highest BCUT2D eigenvalue weighted by Gasteiger charge is 2.43. The van der Waals surface area contributed by atoms with Crippen LogP contribution in [-0.2, 0) is 13.1 Å². The highest BCUT2D eigenvalue weighted by molar-refractivity contribution is 9.10. The fraction of sp³-hybridized carbons (Fsp3) is 0.161. The molecule has 1 aliphatic rings. The van der Waals surface area contributed by atoms with Crippen molar-refractivity contribution in [1.29, 1.82) is 0 Å². The van der Waals surface area contributed by atoms with Gasteiger partial charge in [0, 0.05) is 41.1 Å². The lowest BCUT2D eigenvalue weighted by molar-refractivity contribution is 0.0734. The number of carbonyl (C=O) groups is 1. The number of rotatable bonds is 8. The van der Waals surface area contributed by atoms with Crippen LogP contribution in [0.5, 0.6) is 0 Å². The molecule has 0 aliphatic carbocycles. The molecule has 3 heterocycles. The summed E-state index contributed by atoms with van der Waals surface area (Å²) in [6, 6.07) is 28.3. The zero-order valence-electron chi connectivity index (χ0n) is 20.7. The van der Waals surface area contributed by atoms with Gasteiger partial charge in [-0.15, -0.1) is 0 Å². The maximum Gasteiger partial charge on any atom is 0.273 e. The van der Waals surface area contributed by atoms with Crippen molar-refractivity contribution in [1.82, 2.24) is 19.2 Å². The summed E-state index contributed by atoms with van der Waals surface area (Å²) < 4.78 is 18.5. The molecule has 5 nitrogen and oxygen atoms in total. The average molecular weight is 569 g/mol. The van der Waals surface area contributed by atoms with Gasteiger partial charge in [-0.3, -0.25) is 9.48 Å². The predicted octanol–water partition coefficient (Wildman–Crippen LogP) is 6.94. The summed E-state index contributed by atoms with van der Waals surface area (Å²) in [7, 11) is 0. The van der Waals surface area contributed by atoms with Crippen LogP contribution < -0.4 is 0 Å². The Balaban J connectivity index is 1.46. The second kappa shape index (κ2) is 10.4. The zero-order chi connectivity index (χ0) is 26.1. The third kappa shape index (κ3) is 4.70. The Kier molecular flexibility index (Phi) is 6.68. The van der Waals surface area contributed by atoms with Crippen LogP contribution in [0.15, 0.2) is 108 Å². The summed E-state index contributed by atoms with van der Waals surface area (Å²) in [5.74, 6) is -0.318. The van der Waals surface area contributed by atoms with Crippen LogP contribution in [0.1, 0.15) is 39.6 Å². The first-order valence-electron chi connectivity index (χ1n) is 12.7. The Bertz CT molecular complexity index is 1540. The normalized spacial score (nSPS) is 14.7. The highest BCUT2D eigenvalue weighted by Crippen LogP contribution is 2.44. The Labute approximate surface area is 229 Å². The molecule has 0 fully saturated rings. The number of benzene rings is 3. The van der Waals surface area contributed by atoms with E-state index in [1.165, 1.54) is 12.1 Å². The summed E-state index contributed by atoms with van der Waals surface area (Å²) >= 11 is 3.55. The summed E-state index contributed by atoms with van der Waals surface area (Å²) in [5.41, 5.74) is 5.21. The van der Waals surface area contributed by atoms with Gasteiger partial charge in [0.2, 0.25) is 0 Å². The lowest BCUT2D eigenvalue weighted by Gasteiger charge is -2.27. The van der Waals surface area contributed by atoms with Gasteiger partial charge < -0.3 is 9.47 Å². The van der Waals surface area contributed by atoms with E-state index in [-0.39, 0.29) is 17.8 Å². The summed E-state index contributed by atoms with van der Waals surface area (Å²) in [5, 5.41) is 4.98. The predicted molar refractivity (Wildman–Crippen MR) is 149 cm³/mol. The van der Waals surface area contributed by atoms with Crippen molar-refractivity contribution in [3.8, 4) is 11.3 Å². The monoisotopic (exact) mass is 568 g/mol. The van der Waals surface area contributed by atoms with Crippen molar-refractivity contribution in [3.05, 3.63) is 136 Å². The SMILES string of the molecule is O=C1c2c(c(-c3ccccc3)nn2Cc2ccc(F)cc2)C(c2ccc(Br)cc2)N1CCCn1cccc1. The minimum atomic E-state index is -0.287. The molecule has 190 valence electrons. The quantitative estimate of drug-likeness (QED) is 0.203. The van der Waals surface area contributed by atoms with Gasteiger partial charge >= 0.3 is 0 Å². The van der Waals surface area contributed by atoms with E-state index in [2.05, 4.69) is 32.6 Å². The Hall–Kier alpha value is -3.97. The van der Waals surface area contributed by atoms with Gasteiger partial charge in [0.1, 0.15) is 11.5 Å². The fourth-order valence-electron chi connectivity index (χ4n) is 5.22. The van der Waals surface area contributed by atoms with Crippen LogP contribution in [0.25, 0.3) is 11.3 Å². The number of hydrogen-bond donors (Lipinski definition) is 0. The number of aromatic nitrogens is 3. The molecule has 0 bridgehead atoms. The van der Waals surface area contributed by atoms with Crippen LogP contribution in [-0.4, -0.2) is 31.7 Å². The number of halogens is 2. The first kappa shape index (κ1) is 24.4. The number of hydrogen-bond acceptors (Lipinski definition) is 2. The van der Waals surface area contributed by atoms with E-state index in [9.17, 15) is 9.18 Å². The second-order valence-corrected chi connectivity index (χ2v) is 10.4. The molecule has 3 aromatic carbocycles. The van der Waals surface area contributed by atoms with Crippen molar-refractivity contribution < 1.29 is 9.18 Å². The molecule has 7 heteroatoms. The first-order chi connectivity index (χ1) is 18.6. The van der Waals surface area contributed by atoms with E-state index in [1.807, 2.05) is 71.9 Å². The molecule has 0 radical (unpaired) electrons. The molecule has 1 atom stereocenters. The number of carbonyl (C=O) groups excluding carboxylic acids is 1. The molecule has 2 aromatic heterocycles. The smallest absolute Gasteiger partial charge is 0.273 e. The first-order valence-corrected chi connectivity index (χ1v) is 13.5. The van der Waals surface area contributed by atoms with Crippen molar-refractivity contribution in [2.24, 2.45) is 0 Å². The van der Waals surface area contributed by atoms with Crippen LogP contribution in [0.2, 0.25) is 0 Å². The van der Waals surface area contributed by atoms with E-state index in [0.717, 1.165) is 45.4 Å². The third-order valence-electron chi connectivity index (χ3n) is 7.00. The molecule has 1 unspecified atom stereocenters. The molecule has 1 amide bonds. The van der Waals surface area contributed by atoms with Crippen LogP contribution in [0.4, 0.5) is 4.39 Å². The number of nitrogens with zero attached hydrogens (tertiary/aromatic N) is 4. The van der Waals surface area contributed by atoms with E-state index in [1.54, 1.807) is 16.8 Å². The molecule has 5 aromatic rings. The average Bonchev–Trinajstić information content (AvgIpc) is 3.65. The van der Waals surface area contributed by atoms with Gasteiger partial charge in [0.25, 0.3) is 5.91 Å². The number of fused-ring (bicyclic) bond motifs is 1. The summed E-state index contributed by atoms with van der Waals surface area (Å²) in [6.07, 6.45) is 4.91. The van der Waals surface area contributed by atoms with Crippen LogP contribution in [0, 0.1) is 5.82 Å². The molecular formula is C31H26BrFN4O. The van der Waals surface area contributed by atoms with Gasteiger partial charge in [0.15, 0.2) is 0 Å². The lowest BCUT2D eigenvalue weighted by atomic mass is 9.96. The van der Waals surface area contributed by atoms with Crippen LogP contribution in [0.3, 0.4) is 0 Å². The van der Waals surface area contributed by atoms with E-state index in [0.29, 0.717) is 18.8 Å². The fourth-order valence-corrected chi connectivity index (χ4v) is 5.49. The zero-order valence-corrected chi connectivity index (χ0v) is 22.3. The van der Waals surface area contributed by atoms with Crippen molar-refractivity contribution in [3.63, 3.8) is 0 Å². The standard InChI is InChI=1S/C31H26BrFN4O/c32-25-13-11-24(12-14-25)29-27-28(23-7-2-1-3-8-23)34-37(21-22-9-15-26(33)16-10-22)30(27)31(38)36(29)20-6-19-35-17-4-5-18-35/h1-5,7-18,29H,6,19-21H2. The maximum absolute atomic E-state index is 14.1. The number of amides is 1. The topological polar surface area (TPSA) is 43.1 Å². The molecule has 0 spiro atoms. The van der Waals surface area contributed by atoms with Crippen LogP contribution >= 0.6 is 15.9 Å². The third-order valence-corrected chi connectivity index (χ3v) is 7.53. The van der Waals surface area contributed by atoms with Gasteiger partial charge in [-0.1, -0.05) is 70.5 Å². The van der Waals surface area contributed by atoms with Crippen molar-refractivity contribution in [2.45, 2.75) is 25.6 Å². The summed E-state index contributed by atoms with van der Waals surface area (Å²) in [6.45, 7) is 1.82. The second-order valence-electron chi connectivity index (χ2n) is 9.49. The van der Waals surface area contributed by atoms with Gasteiger partial charge in [-0.05, 0) is 53.9 Å². The molecule has 1 aliphatic heterocycles. The number of aryl methyl sites for hydroxylation is 1.